The van der Waals surface area contributed by atoms with Crippen molar-refractivity contribution in [3.05, 3.63) is 59.9 Å². The van der Waals surface area contributed by atoms with Crippen molar-refractivity contribution in [3.63, 3.8) is 0 Å². The zero-order valence-electron chi connectivity index (χ0n) is 17.4. The number of amides is 1. The molecule has 0 saturated carbocycles. The monoisotopic (exact) mass is 400 g/mol. The number of nitrogens with one attached hydrogen (secondary N) is 1. The highest BCUT2D eigenvalue weighted by Crippen LogP contribution is 2.31. The zero-order valence-corrected chi connectivity index (χ0v) is 17.4. The fourth-order valence-electron chi connectivity index (χ4n) is 3.60. The van der Waals surface area contributed by atoms with E-state index < -0.39 is 5.60 Å². The molecule has 0 spiro atoms. The normalized spacial score (nSPS) is 14.3. The summed E-state index contributed by atoms with van der Waals surface area (Å²) < 4.78 is 5.48. The molecule has 6 nitrogen and oxygen atoms in total. The minimum absolute atomic E-state index is 0.280. The van der Waals surface area contributed by atoms with Crippen LogP contribution in [0.4, 0.5) is 4.79 Å². The van der Waals surface area contributed by atoms with Gasteiger partial charge in [-0.3, -0.25) is 0 Å². The number of nitrogens with zero attached hydrogens (tertiary/aromatic N) is 3. The summed E-state index contributed by atoms with van der Waals surface area (Å²) in [5.41, 5.74) is 5.16. The molecule has 0 fully saturated rings. The van der Waals surface area contributed by atoms with Crippen LogP contribution < -0.4 is 0 Å². The lowest BCUT2D eigenvalue weighted by Crippen LogP contribution is -2.39. The molecule has 1 aliphatic heterocycles. The molecular formula is C24H24N4O2. The van der Waals surface area contributed by atoms with Gasteiger partial charge in [-0.25, -0.2) is 9.78 Å². The molecule has 1 aliphatic rings. The Kier molecular flexibility index (Phi) is 5.04. The third-order valence-electron chi connectivity index (χ3n) is 5.06. The summed E-state index contributed by atoms with van der Waals surface area (Å²) in [7, 11) is 0. The molecule has 0 saturated heterocycles. The minimum Gasteiger partial charge on any atom is -0.444 e. The van der Waals surface area contributed by atoms with Gasteiger partial charge < -0.3 is 14.6 Å². The van der Waals surface area contributed by atoms with Crippen molar-refractivity contribution in [1.82, 2.24) is 14.9 Å². The number of carbonyl (C=O) groups excluding carboxylic acids is 1. The quantitative estimate of drug-likeness (QED) is 0.647. The number of carbonyl (C=O) groups is 1. The molecule has 4 rings (SSSR count). The number of aromatic nitrogens is 2. The first kappa shape index (κ1) is 19.7. The van der Waals surface area contributed by atoms with Gasteiger partial charge in [-0.15, -0.1) is 0 Å². The van der Waals surface area contributed by atoms with Crippen LogP contribution in [0.15, 0.2) is 48.8 Å². The second-order valence-corrected chi connectivity index (χ2v) is 8.42. The van der Waals surface area contributed by atoms with E-state index in [1.54, 1.807) is 11.0 Å². The van der Waals surface area contributed by atoms with Crippen molar-refractivity contribution in [2.75, 3.05) is 13.1 Å². The maximum Gasteiger partial charge on any atom is 0.410 e. The predicted octanol–water partition coefficient (Wildman–Crippen LogP) is 5.13. The number of nitriles is 1. The lowest BCUT2D eigenvalue weighted by molar-refractivity contribution is 0.0270. The van der Waals surface area contributed by atoms with Crippen LogP contribution in [0.25, 0.3) is 27.7 Å². The first-order chi connectivity index (χ1) is 14.3. The van der Waals surface area contributed by atoms with E-state index in [4.69, 9.17) is 10.00 Å². The summed E-state index contributed by atoms with van der Waals surface area (Å²) in [6.45, 7) is 6.76. The molecule has 3 aromatic rings. The van der Waals surface area contributed by atoms with Gasteiger partial charge in [0.15, 0.2) is 0 Å². The molecule has 152 valence electrons. The van der Waals surface area contributed by atoms with Crippen LogP contribution in [0.1, 0.15) is 38.3 Å². The number of pyridine rings is 1. The van der Waals surface area contributed by atoms with Gasteiger partial charge >= 0.3 is 6.09 Å². The number of ether oxygens (including phenoxy) is 1. The molecule has 0 radical (unpaired) electrons. The molecule has 6 heteroatoms. The average Bonchev–Trinajstić information content (AvgIpc) is 3.16. The Labute approximate surface area is 175 Å². The van der Waals surface area contributed by atoms with Crippen molar-refractivity contribution in [2.24, 2.45) is 0 Å². The fourth-order valence-corrected chi connectivity index (χ4v) is 3.60. The molecule has 1 aromatic carbocycles. The van der Waals surface area contributed by atoms with Crippen LogP contribution in [-0.2, 0) is 4.74 Å². The predicted molar refractivity (Wildman–Crippen MR) is 117 cm³/mol. The molecule has 0 aliphatic carbocycles. The van der Waals surface area contributed by atoms with Crippen LogP contribution in [0, 0.1) is 11.3 Å². The van der Waals surface area contributed by atoms with E-state index >= 15 is 0 Å². The highest BCUT2D eigenvalue weighted by molar-refractivity contribution is 5.93. The molecule has 3 heterocycles. The van der Waals surface area contributed by atoms with Gasteiger partial charge in [0, 0.05) is 42.0 Å². The van der Waals surface area contributed by atoms with Crippen LogP contribution in [0.5, 0.6) is 0 Å². The summed E-state index contributed by atoms with van der Waals surface area (Å²) in [6, 6.07) is 11.8. The Morgan fingerprint density at radius 1 is 1.27 bits per heavy atom. The van der Waals surface area contributed by atoms with Gasteiger partial charge in [0.25, 0.3) is 0 Å². The Bertz CT molecular complexity index is 1180. The SMILES string of the molecule is CC(C)(C)OC(=O)N1CC=C(c2c[nH]c3ncc(-c4cccc(C#N)c4)cc23)CC1. The maximum absolute atomic E-state index is 12.3. The topological polar surface area (TPSA) is 82.0 Å². The van der Waals surface area contributed by atoms with E-state index in [9.17, 15) is 4.79 Å². The highest BCUT2D eigenvalue weighted by atomic mass is 16.6. The van der Waals surface area contributed by atoms with Gasteiger partial charge in [-0.1, -0.05) is 18.2 Å². The van der Waals surface area contributed by atoms with Crippen molar-refractivity contribution in [3.8, 4) is 17.2 Å². The Balaban J connectivity index is 1.61. The Morgan fingerprint density at radius 3 is 2.80 bits per heavy atom. The molecule has 2 aromatic heterocycles. The first-order valence-corrected chi connectivity index (χ1v) is 9.99. The van der Waals surface area contributed by atoms with E-state index in [1.165, 1.54) is 5.57 Å². The van der Waals surface area contributed by atoms with Crippen molar-refractivity contribution in [1.29, 1.82) is 5.26 Å². The fraction of sp³-hybridized carbons (Fsp3) is 0.292. The Morgan fingerprint density at radius 2 is 2.10 bits per heavy atom. The Hall–Kier alpha value is -3.59. The molecule has 0 atom stereocenters. The number of rotatable bonds is 2. The van der Waals surface area contributed by atoms with Crippen LogP contribution in [0.2, 0.25) is 0 Å². The molecule has 0 unspecified atom stereocenters. The number of hydrogen-bond acceptors (Lipinski definition) is 4. The molecule has 0 bridgehead atoms. The van der Waals surface area contributed by atoms with E-state index in [0.717, 1.165) is 34.1 Å². The number of benzene rings is 1. The standard InChI is InChI=1S/C24H24N4O2/c1-24(2,3)30-23(29)28-9-7-17(8-10-28)21-15-27-22-20(21)12-19(14-26-22)18-6-4-5-16(11-18)13-25/h4-7,11-12,14-15H,8-10H2,1-3H3,(H,26,27). The van der Waals surface area contributed by atoms with Gasteiger partial charge in [-0.2, -0.15) is 5.26 Å². The number of hydrogen-bond donors (Lipinski definition) is 1. The second-order valence-electron chi connectivity index (χ2n) is 8.42. The van der Waals surface area contributed by atoms with Crippen LogP contribution in [-0.4, -0.2) is 39.7 Å². The number of aromatic amines is 1. The van der Waals surface area contributed by atoms with Gasteiger partial charge in [0.2, 0.25) is 0 Å². The van der Waals surface area contributed by atoms with Gasteiger partial charge in [-0.05, 0) is 56.5 Å². The molecule has 30 heavy (non-hydrogen) atoms. The van der Waals surface area contributed by atoms with Gasteiger partial charge in [0.05, 0.1) is 11.6 Å². The lowest BCUT2D eigenvalue weighted by atomic mass is 9.98. The van der Waals surface area contributed by atoms with Crippen LogP contribution in [0.3, 0.4) is 0 Å². The highest BCUT2D eigenvalue weighted by Gasteiger charge is 2.24. The van der Waals surface area contributed by atoms with E-state index in [2.05, 4.69) is 28.2 Å². The summed E-state index contributed by atoms with van der Waals surface area (Å²) in [5.74, 6) is 0. The lowest BCUT2D eigenvalue weighted by Gasteiger charge is -2.29. The van der Waals surface area contributed by atoms with E-state index in [-0.39, 0.29) is 6.09 Å². The minimum atomic E-state index is -0.497. The maximum atomic E-state index is 12.3. The largest absolute Gasteiger partial charge is 0.444 e. The summed E-state index contributed by atoms with van der Waals surface area (Å²) in [5, 5.41) is 10.2. The van der Waals surface area contributed by atoms with Crippen molar-refractivity contribution in [2.45, 2.75) is 32.8 Å². The van der Waals surface area contributed by atoms with Crippen molar-refractivity contribution < 1.29 is 9.53 Å². The second kappa shape index (κ2) is 7.68. The van der Waals surface area contributed by atoms with E-state index in [0.29, 0.717) is 18.7 Å². The zero-order chi connectivity index (χ0) is 21.3. The van der Waals surface area contributed by atoms with Gasteiger partial charge in [0.1, 0.15) is 11.2 Å². The summed E-state index contributed by atoms with van der Waals surface area (Å²) in [4.78, 5) is 21.8. The number of H-pyrrole nitrogens is 1. The van der Waals surface area contributed by atoms with Crippen LogP contribution >= 0.6 is 0 Å². The smallest absolute Gasteiger partial charge is 0.410 e. The summed E-state index contributed by atoms with van der Waals surface area (Å²) >= 11 is 0. The van der Waals surface area contributed by atoms with E-state index in [1.807, 2.05) is 51.4 Å². The molecular weight excluding hydrogens is 376 g/mol. The molecule has 1 N–H and O–H groups in total. The number of fused-ring (bicyclic) bond motifs is 1. The summed E-state index contributed by atoms with van der Waals surface area (Å²) in [6.07, 6.45) is 6.35. The third kappa shape index (κ3) is 4.06. The van der Waals surface area contributed by atoms with Crippen molar-refractivity contribution >= 4 is 22.7 Å². The average molecular weight is 400 g/mol. The first-order valence-electron chi connectivity index (χ1n) is 9.99. The molecule has 1 amide bonds. The third-order valence-corrected chi connectivity index (χ3v) is 5.06.